The molecule has 0 radical (unpaired) electrons. The lowest BCUT2D eigenvalue weighted by atomic mass is 9.96. The molecule has 0 saturated carbocycles. The Hall–Kier alpha value is -3.47. The fourth-order valence-electron chi connectivity index (χ4n) is 3.04. The molecule has 3 aromatic rings. The van der Waals surface area contributed by atoms with Crippen LogP contribution in [0.2, 0.25) is 0 Å². The second-order valence-corrected chi connectivity index (χ2v) is 9.57. The summed E-state index contributed by atoms with van der Waals surface area (Å²) in [5.74, 6) is -0.0129. The van der Waals surface area contributed by atoms with Crippen molar-refractivity contribution in [3.63, 3.8) is 0 Å². The van der Waals surface area contributed by atoms with E-state index in [-0.39, 0.29) is 28.6 Å². The fraction of sp³-hybridized carbons (Fsp3) is 0.364. The summed E-state index contributed by atoms with van der Waals surface area (Å²) < 4.78 is 2.32. The highest BCUT2D eigenvalue weighted by Gasteiger charge is 2.24. The summed E-state index contributed by atoms with van der Waals surface area (Å²) in [6, 6.07) is 6.72. The van der Waals surface area contributed by atoms with Crippen LogP contribution >= 0.6 is 11.8 Å². The Labute approximate surface area is 194 Å². The maximum Gasteiger partial charge on any atom is 0.332 e. The number of benzene rings is 1. The molecule has 0 aliphatic rings. The van der Waals surface area contributed by atoms with E-state index in [9.17, 15) is 19.2 Å². The van der Waals surface area contributed by atoms with Gasteiger partial charge in [0.05, 0.1) is 5.75 Å². The van der Waals surface area contributed by atoms with Crippen molar-refractivity contribution in [2.45, 2.75) is 38.1 Å². The predicted molar refractivity (Wildman–Crippen MR) is 129 cm³/mol. The van der Waals surface area contributed by atoms with Crippen LogP contribution in [-0.2, 0) is 29.1 Å². The zero-order valence-electron chi connectivity index (χ0n) is 19.3. The summed E-state index contributed by atoms with van der Waals surface area (Å²) in [6.45, 7) is 7.21. The van der Waals surface area contributed by atoms with Gasteiger partial charge in [-0.25, -0.2) is 14.8 Å². The SMILES string of the molecule is CC(=O)Nc1ccc(NC(=O)CSc2nc(C(C)(C)C)nc3c2c(=O)n(C)c(=O)n3C)cc1. The van der Waals surface area contributed by atoms with E-state index in [0.29, 0.717) is 22.2 Å². The van der Waals surface area contributed by atoms with E-state index in [1.807, 2.05) is 20.8 Å². The van der Waals surface area contributed by atoms with E-state index in [1.165, 1.54) is 18.5 Å². The van der Waals surface area contributed by atoms with Crippen LogP contribution in [0, 0.1) is 0 Å². The maximum atomic E-state index is 12.9. The van der Waals surface area contributed by atoms with Crippen LogP contribution in [0.5, 0.6) is 0 Å². The molecule has 0 atom stereocenters. The molecule has 0 unspecified atom stereocenters. The minimum absolute atomic E-state index is 0.00482. The van der Waals surface area contributed by atoms with Crippen molar-refractivity contribution >= 4 is 46.0 Å². The van der Waals surface area contributed by atoms with Crippen LogP contribution in [0.4, 0.5) is 11.4 Å². The van der Waals surface area contributed by atoms with E-state index in [0.717, 1.165) is 16.3 Å². The third-order valence-corrected chi connectivity index (χ3v) is 5.74. The number of aryl methyl sites for hydroxylation is 1. The molecular weight excluding hydrogens is 444 g/mol. The third kappa shape index (κ3) is 5.30. The first-order valence-corrected chi connectivity index (χ1v) is 11.2. The molecule has 0 aliphatic carbocycles. The lowest BCUT2D eigenvalue weighted by Gasteiger charge is -2.19. The molecule has 0 fully saturated rings. The second-order valence-electron chi connectivity index (χ2n) is 8.60. The third-order valence-electron chi connectivity index (χ3n) is 4.77. The maximum absolute atomic E-state index is 12.9. The first-order chi connectivity index (χ1) is 15.4. The Morgan fingerprint density at radius 2 is 1.55 bits per heavy atom. The number of fused-ring (bicyclic) bond motifs is 1. The van der Waals surface area contributed by atoms with Crippen molar-refractivity contribution in [2.75, 3.05) is 16.4 Å². The predicted octanol–water partition coefficient (Wildman–Crippen LogP) is 2.01. The molecule has 1 aromatic carbocycles. The van der Waals surface area contributed by atoms with Crippen LogP contribution in [0.3, 0.4) is 0 Å². The van der Waals surface area contributed by atoms with Crippen LogP contribution in [0.15, 0.2) is 38.9 Å². The smallest absolute Gasteiger partial charge is 0.326 e. The average Bonchev–Trinajstić information content (AvgIpc) is 2.74. The number of carbonyl (C=O) groups is 2. The van der Waals surface area contributed by atoms with E-state index < -0.39 is 16.7 Å². The highest BCUT2D eigenvalue weighted by atomic mass is 32.2. The van der Waals surface area contributed by atoms with Gasteiger partial charge in [-0.3, -0.25) is 23.5 Å². The minimum atomic E-state index is -0.509. The number of thioether (sulfide) groups is 1. The van der Waals surface area contributed by atoms with Gasteiger partial charge in [0.1, 0.15) is 16.2 Å². The van der Waals surface area contributed by atoms with Crippen LogP contribution in [0.1, 0.15) is 33.5 Å². The second kappa shape index (κ2) is 9.18. The first kappa shape index (κ1) is 24.2. The van der Waals surface area contributed by atoms with Gasteiger partial charge in [-0.05, 0) is 24.3 Å². The standard InChI is InChI=1S/C22H26N6O4S/c1-12(29)23-13-7-9-14(10-8-13)24-15(30)11-33-18-16-17(25-20(26-18)22(2,3)4)27(5)21(32)28(6)19(16)31/h7-10H,11H2,1-6H3,(H,23,29)(H,24,30). The fourth-order valence-corrected chi connectivity index (χ4v) is 3.85. The number of anilines is 2. The molecule has 0 spiro atoms. The minimum Gasteiger partial charge on any atom is -0.326 e. The molecule has 33 heavy (non-hydrogen) atoms. The highest BCUT2D eigenvalue weighted by molar-refractivity contribution is 8.00. The molecule has 3 rings (SSSR count). The van der Waals surface area contributed by atoms with Gasteiger partial charge in [-0.15, -0.1) is 0 Å². The van der Waals surface area contributed by atoms with Crippen molar-refractivity contribution in [2.24, 2.45) is 14.1 Å². The van der Waals surface area contributed by atoms with Crippen molar-refractivity contribution < 1.29 is 9.59 Å². The van der Waals surface area contributed by atoms with Crippen LogP contribution in [0.25, 0.3) is 11.0 Å². The number of carbonyl (C=O) groups excluding carboxylic acids is 2. The summed E-state index contributed by atoms with van der Waals surface area (Å²) in [5.41, 5.74) is -0.000139. The van der Waals surface area contributed by atoms with Gasteiger partial charge in [0.15, 0.2) is 5.65 Å². The Morgan fingerprint density at radius 3 is 2.09 bits per heavy atom. The molecule has 2 N–H and O–H groups in total. The summed E-state index contributed by atoms with van der Waals surface area (Å²) in [6.07, 6.45) is 0. The van der Waals surface area contributed by atoms with Crippen LogP contribution < -0.4 is 21.9 Å². The van der Waals surface area contributed by atoms with E-state index in [4.69, 9.17) is 0 Å². The Balaban J connectivity index is 1.90. The molecule has 174 valence electrons. The van der Waals surface area contributed by atoms with Crippen molar-refractivity contribution in [1.82, 2.24) is 19.1 Å². The van der Waals surface area contributed by atoms with Gasteiger partial charge in [-0.2, -0.15) is 0 Å². The van der Waals surface area contributed by atoms with Gasteiger partial charge in [0, 0.05) is 37.8 Å². The van der Waals surface area contributed by atoms with Gasteiger partial charge in [-0.1, -0.05) is 32.5 Å². The monoisotopic (exact) mass is 470 g/mol. The summed E-state index contributed by atoms with van der Waals surface area (Å²) >= 11 is 1.11. The normalized spacial score (nSPS) is 11.5. The number of hydrogen-bond acceptors (Lipinski definition) is 7. The van der Waals surface area contributed by atoms with E-state index in [2.05, 4.69) is 20.6 Å². The molecule has 10 nitrogen and oxygen atoms in total. The zero-order valence-corrected chi connectivity index (χ0v) is 20.2. The topological polar surface area (TPSA) is 128 Å². The molecule has 2 aromatic heterocycles. The lowest BCUT2D eigenvalue weighted by molar-refractivity contribution is -0.114. The Morgan fingerprint density at radius 1 is 0.970 bits per heavy atom. The van der Waals surface area contributed by atoms with Gasteiger partial charge in [0.25, 0.3) is 5.56 Å². The Kier molecular flexibility index (Phi) is 6.73. The number of nitrogens with zero attached hydrogens (tertiary/aromatic N) is 4. The van der Waals surface area contributed by atoms with Gasteiger partial charge in [0.2, 0.25) is 11.8 Å². The molecule has 0 saturated heterocycles. The number of rotatable bonds is 5. The largest absolute Gasteiger partial charge is 0.332 e. The molecule has 11 heteroatoms. The summed E-state index contributed by atoms with van der Waals surface area (Å²) in [5, 5.41) is 5.98. The molecule has 2 heterocycles. The Bertz CT molecular complexity index is 1350. The van der Waals surface area contributed by atoms with Gasteiger partial charge >= 0.3 is 5.69 Å². The van der Waals surface area contributed by atoms with Crippen LogP contribution in [-0.4, -0.2) is 36.7 Å². The molecular formula is C22H26N6O4S. The lowest BCUT2D eigenvalue weighted by Crippen LogP contribution is -2.38. The zero-order chi connectivity index (χ0) is 24.5. The number of aromatic nitrogens is 4. The first-order valence-electron chi connectivity index (χ1n) is 10.2. The quantitative estimate of drug-likeness (QED) is 0.431. The van der Waals surface area contributed by atoms with Gasteiger partial charge < -0.3 is 10.6 Å². The molecule has 0 aliphatic heterocycles. The molecule has 0 bridgehead atoms. The molecule has 2 amide bonds. The van der Waals surface area contributed by atoms with Crippen molar-refractivity contribution in [3.8, 4) is 0 Å². The van der Waals surface area contributed by atoms with E-state index in [1.54, 1.807) is 31.3 Å². The highest BCUT2D eigenvalue weighted by Crippen LogP contribution is 2.27. The van der Waals surface area contributed by atoms with E-state index >= 15 is 0 Å². The van der Waals surface area contributed by atoms with Crippen molar-refractivity contribution in [1.29, 1.82) is 0 Å². The summed E-state index contributed by atoms with van der Waals surface area (Å²) in [4.78, 5) is 58.0. The number of nitrogens with one attached hydrogen (secondary N) is 2. The summed E-state index contributed by atoms with van der Waals surface area (Å²) in [7, 11) is 2.95. The van der Waals surface area contributed by atoms with Crippen molar-refractivity contribution in [3.05, 3.63) is 50.9 Å². The number of hydrogen-bond donors (Lipinski definition) is 2. The number of amides is 2. The average molecular weight is 471 g/mol.